The van der Waals surface area contributed by atoms with Gasteiger partial charge in [0, 0.05) is 6.08 Å². The Morgan fingerprint density at radius 3 is 3.00 bits per heavy atom. The Hall–Kier alpha value is -1.17. The average Bonchev–Trinajstić information content (AvgIpc) is 1.85. The third-order valence-electron chi connectivity index (χ3n) is 0.886. The Kier molecular flexibility index (Phi) is 2.37. The standard InChI is InChI=1S/C5H7F2N3O/c1-2-11-10-8-4(6)3-5(7)9-10/h3,8H,2H2,1H3. The van der Waals surface area contributed by atoms with Gasteiger partial charge in [-0.1, -0.05) is 10.4 Å². The second-order valence-corrected chi connectivity index (χ2v) is 1.72. The molecule has 1 rings (SSSR count). The van der Waals surface area contributed by atoms with E-state index in [0.717, 1.165) is 0 Å². The molecule has 1 aliphatic heterocycles. The van der Waals surface area contributed by atoms with Crippen LogP contribution in [0.4, 0.5) is 8.78 Å². The van der Waals surface area contributed by atoms with Crippen LogP contribution in [0.3, 0.4) is 0 Å². The monoisotopic (exact) mass is 163 g/mol. The first-order valence-corrected chi connectivity index (χ1v) is 3.03. The van der Waals surface area contributed by atoms with Crippen LogP contribution in [0.25, 0.3) is 0 Å². The summed E-state index contributed by atoms with van der Waals surface area (Å²) >= 11 is 0. The summed E-state index contributed by atoms with van der Waals surface area (Å²) in [4.78, 5) is 4.64. The summed E-state index contributed by atoms with van der Waals surface area (Å²) < 4.78 is 24.6. The normalized spacial score (nSPS) is 17.2. The van der Waals surface area contributed by atoms with Gasteiger partial charge in [-0.3, -0.25) is 0 Å². The molecule has 1 N–H and O–H groups in total. The molecule has 62 valence electrons. The van der Waals surface area contributed by atoms with Gasteiger partial charge in [-0.05, 0) is 6.92 Å². The lowest BCUT2D eigenvalue weighted by Gasteiger charge is -2.19. The van der Waals surface area contributed by atoms with Crippen LogP contribution in [0.5, 0.6) is 0 Å². The van der Waals surface area contributed by atoms with E-state index >= 15 is 0 Å². The fourth-order valence-corrected chi connectivity index (χ4v) is 0.552. The molecule has 0 aromatic rings. The Labute approximate surface area is 62.0 Å². The van der Waals surface area contributed by atoms with Crippen molar-refractivity contribution >= 4 is 5.97 Å². The zero-order valence-corrected chi connectivity index (χ0v) is 5.84. The maximum absolute atomic E-state index is 12.3. The van der Waals surface area contributed by atoms with E-state index in [2.05, 4.69) is 9.94 Å². The minimum atomic E-state index is -0.935. The summed E-state index contributed by atoms with van der Waals surface area (Å²) in [5, 5.41) is 3.79. The topological polar surface area (TPSA) is 36.9 Å². The number of nitrogens with zero attached hydrogens (tertiary/aromatic N) is 2. The predicted molar refractivity (Wildman–Crippen MR) is 34.3 cm³/mol. The van der Waals surface area contributed by atoms with Gasteiger partial charge in [0.1, 0.15) is 0 Å². The number of hydrazone groups is 1. The van der Waals surface area contributed by atoms with Gasteiger partial charge in [0.15, 0.2) is 0 Å². The summed E-state index contributed by atoms with van der Waals surface area (Å²) in [5.74, 6) is -1.78. The van der Waals surface area contributed by atoms with E-state index in [9.17, 15) is 8.78 Å². The van der Waals surface area contributed by atoms with Crippen LogP contribution in [0, 0.1) is 0 Å². The van der Waals surface area contributed by atoms with Gasteiger partial charge in [-0.25, -0.2) is 10.3 Å². The maximum atomic E-state index is 12.3. The van der Waals surface area contributed by atoms with Gasteiger partial charge >= 0.3 is 0 Å². The highest BCUT2D eigenvalue weighted by atomic mass is 19.1. The molecule has 1 aliphatic rings. The molecule has 0 unspecified atom stereocenters. The average molecular weight is 163 g/mol. The van der Waals surface area contributed by atoms with Gasteiger partial charge < -0.3 is 0 Å². The SMILES string of the molecule is CCON1N=C(F)C=C(F)N1. The van der Waals surface area contributed by atoms with E-state index in [0.29, 0.717) is 11.4 Å². The summed E-state index contributed by atoms with van der Waals surface area (Å²) in [5.41, 5.74) is 2.03. The molecule has 4 nitrogen and oxygen atoms in total. The van der Waals surface area contributed by atoms with Crippen LogP contribution < -0.4 is 5.43 Å². The van der Waals surface area contributed by atoms with Gasteiger partial charge in [0.25, 0.3) is 0 Å². The van der Waals surface area contributed by atoms with Crippen LogP contribution in [0.1, 0.15) is 6.92 Å². The Bertz CT molecular complexity index is 204. The molecule has 0 amide bonds. The highest BCUT2D eigenvalue weighted by Crippen LogP contribution is 2.04. The van der Waals surface area contributed by atoms with Gasteiger partial charge in [0.2, 0.25) is 11.9 Å². The fraction of sp³-hybridized carbons (Fsp3) is 0.400. The fourth-order valence-electron chi connectivity index (χ4n) is 0.552. The lowest BCUT2D eigenvalue weighted by Crippen LogP contribution is -2.35. The highest BCUT2D eigenvalue weighted by Gasteiger charge is 2.11. The second kappa shape index (κ2) is 3.29. The third-order valence-corrected chi connectivity index (χ3v) is 0.886. The molecule has 0 fully saturated rings. The number of rotatable bonds is 2. The molecular weight excluding hydrogens is 156 g/mol. The summed E-state index contributed by atoms with van der Waals surface area (Å²) in [6.07, 6.45) is 0.621. The minimum Gasteiger partial charge on any atom is -0.238 e. The van der Waals surface area contributed by atoms with Crippen molar-refractivity contribution in [2.75, 3.05) is 6.61 Å². The van der Waals surface area contributed by atoms with E-state index in [-0.39, 0.29) is 6.61 Å². The van der Waals surface area contributed by atoms with Crippen LogP contribution in [-0.4, -0.2) is 17.9 Å². The van der Waals surface area contributed by atoms with Gasteiger partial charge in [-0.15, -0.1) is 0 Å². The van der Waals surface area contributed by atoms with Crippen molar-refractivity contribution in [2.24, 2.45) is 5.10 Å². The van der Waals surface area contributed by atoms with Crippen molar-refractivity contribution in [3.63, 3.8) is 0 Å². The molecule has 0 aromatic heterocycles. The summed E-state index contributed by atoms with van der Waals surface area (Å²) in [7, 11) is 0. The molecule has 6 heteroatoms. The van der Waals surface area contributed by atoms with Crippen LogP contribution >= 0.6 is 0 Å². The molecule has 1 heterocycles. The molecule has 11 heavy (non-hydrogen) atoms. The molecular formula is C5H7F2N3O. The van der Waals surface area contributed by atoms with E-state index in [1.54, 1.807) is 6.92 Å². The molecule has 0 spiro atoms. The van der Waals surface area contributed by atoms with Crippen molar-refractivity contribution < 1.29 is 13.6 Å². The third kappa shape index (κ3) is 2.15. The Balaban J connectivity index is 2.56. The molecule has 0 aliphatic carbocycles. The largest absolute Gasteiger partial charge is 0.239 e. The highest BCUT2D eigenvalue weighted by molar-refractivity contribution is 5.86. The van der Waals surface area contributed by atoms with E-state index in [1.807, 2.05) is 5.43 Å². The molecule has 0 radical (unpaired) electrons. The molecule has 0 saturated heterocycles. The second-order valence-electron chi connectivity index (χ2n) is 1.72. The van der Waals surface area contributed by atoms with E-state index < -0.39 is 11.9 Å². The van der Waals surface area contributed by atoms with E-state index in [1.165, 1.54) is 0 Å². The number of nitrogens with one attached hydrogen (secondary N) is 1. The van der Waals surface area contributed by atoms with Crippen LogP contribution in [0.15, 0.2) is 17.1 Å². The Morgan fingerprint density at radius 2 is 2.45 bits per heavy atom. The molecule has 0 atom stereocenters. The van der Waals surface area contributed by atoms with E-state index in [4.69, 9.17) is 0 Å². The van der Waals surface area contributed by atoms with Crippen LogP contribution in [-0.2, 0) is 4.84 Å². The number of hydrazine groups is 1. The number of allylic oxidation sites excluding steroid dienone is 1. The van der Waals surface area contributed by atoms with Crippen molar-refractivity contribution in [3.8, 4) is 0 Å². The first-order chi connectivity index (χ1) is 5.22. The van der Waals surface area contributed by atoms with Crippen molar-refractivity contribution in [1.29, 1.82) is 0 Å². The minimum absolute atomic E-state index is 0.275. The van der Waals surface area contributed by atoms with Crippen LogP contribution in [0.2, 0.25) is 0 Å². The van der Waals surface area contributed by atoms with Crippen molar-refractivity contribution in [3.05, 3.63) is 12.0 Å². The first-order valence-electron chi connectivity index (χ1n) is 3.03. The lowest BCUT2D eigenvalue weighted by molar-refractivity contribution is -0.190. The number of halogens is 2. The zero-order chi connectivity index (χ0) is 8.27. The Morgan fingerprint density at radius 1 is 1.73 bits per heavy atom. The molecule has 0 aromatic carbocycles. The zero-order valence-electron chi connectivity index (χ0n) is 5.84. The maximum Gasteiger partial charge on any atom is 0.239 e. The first kappa shape index (κ1) is 7.93. The summed E-state index contributed by atoms with van der Waals surface area (Å²) in [6.45, 7) is 1.95. The molecule has 0 saturated carbocycles. The van der Waals surface area contributed by atoms with Gasteiger partial charge in [-0.2, -0.15) is 8.78 Å². The van der Waals surface area contributed by atoms with Gasteiger partial charge in [0.05, 0.1) is 6.61 Å². The predicted octanol–water partition coefficient (Wildman–Crippen LogP) is 0.852. The summed E-state index contributed by atoms with van der Waals surface area (Å²) in [6, 6.07) is 0. The van der Waals surface area contributed by atoms with Crippen molar-refractivity contribution in [1.82, 2.24) is 10.7 Å². The number of hydrogen-bond donors (Lipinski definition) is 1. The lowest BCUT2D eigenvalue weighted by atomic mass is 10.6. The number of hydrogen-bond acceptors (Lipinski definition) is 4. The van der Waals surface area contributed by atoms with Crippen molar-refractivity contribution in [2.45, 2.75) is 6.92 Å². The molecule has 0 bridgehead atoms. The smallest absolute Gasteiger partial charge is 0.238 e. The quantitative estimate of drug-likeness (QED) is 0.613.